The highest BCUT2D eigenvalue weighted by Gasteiger charge is 2.12. The number of halogens is 1. The fourth-order valence-electron chi connectivity index (χ4n) is 2.28. The first kappa shape index (κ1) is 19.6. The van der Waals surface area contributed by atoms with Gasteiger partial charge in [-0.25, -0.2) is 0 Å². The summed E-state index contributed by atoms with van der Waals surface area (Å²) in [6.07, 6.45) is 1.40. The van der Waals surface area contributed by atoms with Crippen molar-refractivity contribution in [3.63, 3.8) is 0 Å². The van der Waals surface area contributed by atoms with Gasteiger partial charge in [0.25, 0.3) is 5.91 Å². The Hall–Kier alpha value is -3.14. The van der Waals surface area contributed by atoms with Gasteiger partial charge in [0, 0.05) is 27.7 Å². The average Bonchev–Trinajstić information content (AvgIpc) is 3.15. The van der Waals surface area contributed by atoms with E-state index in [-0.39, 0.29) is 5.57 Å². The fraction of sp³-hybridized carbons (Fsp3) is 0.0476. The summed E-state index contributed by atoms with van der Waals surface area (Å²) in [5.41, 5.74) is 0.462. The van der Waals surface area contributed by atoms with Gasteiger partial charge in [-0.05, 0) is 48.5 Å². The molecule has 0 saturated carbocycles. The zero-order valence-corrected chi connectivity index (χ0v) is 16.4. The predicted octanol–water partition coefficient (Wildman–Crippen LogP) is 5.64. The number of methoxy groups -OCH3 is 1. The first-order valence-electron chi connectivity index (χ1n) is 8.18. The van der Waals surface area contributed by atoms with Crippen molar-refractivity contribution < 1.29 is 13.9 Å². The van der Waals surface area contributed by atoms with Gasteiger partial charge in [0.1, 0.15) is 23.2 Å². The molecule has 1 N–H and O–H groups in total. The van der Waals surface area contributed by atoms with Crippen LogP contribution in [0.1, 0.15) is 5.76 Å². The molecular weight excluding hydrogens is 396 g/mol. The average molecular weight is 411 g/mol. The van der Waals surface area contributed by atoms with E-state index >= 15 is 0 Å². The second kappa shape index (κ2) is 9.18. The molecular formula is C21H15ClN2O3S. The lowest BCUT2D eigenvalue weighted by Crippen LogP contribution is -2.13. The number of furan rings is 1. The highest BCUT2D eigenvalue weighted by molar-refractivity contribution is 7.99. The lowest BCUT2D eigenvalue weighted by molar-refractivity contribution is -0.112. The van der Waals surface area contributed by atoms with E-state index < -0.39 is 5.91 Å². The maximum absolute atomic E-state index is 12.4. The third-order valence-electron chi connectivity index (χ3n) is 3.61. The summed E-state index contributed by atoms with van der Waals surface area (Å²) in [6.45, 7) is 0. The summed E-state index contributed by atoms with van der Waals surface area (Å²) in [5.74, 6) is 0.489. The Kier molecular flexibility index (Phi) is 6.43. The number of benzene rings is 2. The van der Waals surface area contributed by atoms with Gasteiger partial charge in [-0.3, -0.25) is 4.79 Å². The standard InChI is InChI=1S/C21H15ClN2O3S/c1-26-17-4-2-3-16(12-17)24-21(25)14(13-23)11-18-7-10-20(27-18)28-19-8-5-15(22)6-9-19/h2-12H,1H3,(H,24,25)/b14-11+. The van der Waals surface area contributed by atoms with Crippen LogP contribution >= 0.6 is 23.4 Å². The first-order valence-corrected chi connectivity index (χ1v) is 9.37. The van der Waals surface area contributed by atoms with E-state index in [1.807, 2.05) is 18.2 Å². The number of hydrogen-bond acceptors (Lipinski definition) is 5. The van der Waals surface area contributed by atoms with Gasteiger partial charge >= 0.3 is 0 Å². The summed E-state index contributed by atoms with van der Waals surface area (Å²) < 4.78 is 10.8. The Morgan fingerprint density at radius 1 is 1.21 bits per heavy atom. The molecule has 140 valence electrons. The Morgan fingerprint density at radius 3 is 2.71 bits per heavy atom. The molecule has 0 radical (unpaired) electrons. The number of amides is 1. The molecule has 2 aromatic carbocycles. The Labute approximate surface area is 171 Å². The van der Waals surface area contributed by atoms with Crippen LogP contribution in [0.2, 0.25) is 5.02 Å². The SMILES string of the molecule is COc1cccc(NC(=O)/C(C#N)=C/c2ccc(Sc3ccc(Cl)cc3)o2)c1. The van der Waals surface area contributed by atoms with Gasteiger partial charge in [0.2, 0.25) is 0 Å². The number of carbonyl (C=O) groups excluding carboxylic acids is 1. The molecule has 0 aliphatic rings. The van der Waals surface area contributed by atoms with Gasteiger partial charge < -0.3 is 14.5 Å². The van der Waals surface area contributed by atoms with E-state index in [9.17, 15) is 10.1 Å². The predicted molar refractivity (Wildman–Crippen MR) is 109 cm³/mol. The van der Waals surface area contributed by atoms with Gasteiger partial charge in [-0.15, -0.1) is 0 Å². The zero-order chi connectivity index (χ0) is 19.9. The molecule has 3 rings (SSSR count). The highest BCUT2D eigenvalue weighted by Crippen LogP contribution is 2.30. The van der Waals surface area contributed by atoms with Crippen LogP contribution in [0.5, 0.6) is 5.75 Å². The quantitative estimate of drug-likeness (QED) is 0.420. The normalized spacial score (nSPS) is 11.0. The number of ether oxygens (including phenoxy) is 1. The van der Waals surface area contributed by atoms with Crippen LogP contribution in [0.25, 0.3) is 6.08 Å². The Morgan fingerprint density at radius 2 is 2.00 bits per heavy atom. The molecule has 1 aromatic heterocycles. The Bertz CT molecular complexity index is 1050. The maximum Gasteiger partial charge on any atom is 0.266 e. The van der Waals surface area contributed by atoms with Crippen LogP contribution in [-0.4, -0.2) is 13.0 Å². The van der Waals surface area contributed by atoms with Crippen molar-refractivity contribution in [2.75, 3.05) is 12.4 Å². The molecule has 3 aromatic rings. The number of hydrogen-bond donors (Lipinski definition) is 1. The third kappa shape index (κ3) is 5.19. The fourth-order valence-corrected chi connectivity index (χ4v) is 3.18. The zero-order valence-electron chi connectivity index (χ0n) is 14.8. The van der Waals surface area contributed by atoms with Crippen LogP contribution in [0.4, 0.5) is 5.69 Å². The Balaban J connectivity index is 1.71. The molecule has 0 unspecified atom stereocenters. The van der Waals surface area contributed by atoms with Gasteiger partial charge in [-0.1, -0.05) is 29.4 Å². The molecule has 7 heteroatoms. The summed E-state index contributed by atoms with van der Waals surface area (Å²) >= 11 is 7.30. The topological polar surface area (TPSA) is 75.3 Å². The monoisotopic (exact) mass is 410 g/mol. The van der Waals surface area contributed by atoms with Crippen molar-refractivity contribution in [1.82, 2.24) is 0 Å². The molecule has 0 aliphatic heterocycles. The van der Waals surface area contributed by atoms with Crippen LogP contribution in [0, 0.1) is 11.3 Å². The number of nitriles is 1. The van der Waals surface area contributed by atoms with Crippen molar-refractivity contribution in [2.45, 2.75) is 9.99 Å². The largest absolute Gasteiger partial charge is 0.497 e. The van der Waals surface area contributed by atoms with Crippen molar-refractivity contribution >= 4 is 41.0 Å². The van der Waals surface area contributed by atoms with Crippen molar-refractivity contribution in [3.8, 4) is 11.8 Å². The molecule has 0 saturated heterocycles. The van der Waals surface area contributed by atoms with E-state index in [1.54, 1.807) is 48.5 Å². The van der Waals surface area contributed by atoms with Crippen molar-refractivity contribution in [2.24, 2.45) is 0 Å². The summed E-state index contributed by atoms with van der Waals surface area (Å²) in [7, 11) is 1.54. The highest BCUT2D eigenvalue weighted by atomic mass is 35.5. The molecule has 1 amide bonds. The molecule has 0 aliphatic carbocycles. The van der Waals surface area contributed by atoms with Crippen molar-refractivity contribution in [3.05, 3.63) is 77.0 Å². The van der Waals surface area contributed by atoms with E-state index in [1.165, 1.54) is 24.9 Å². The van der Waals surface area contributed by atoms with E-state index in [4.69, 9.17) is 20.8 Å². The molecule has 0 atom stereocenters. The molecule has 5 nitrogen and oxygen atoms in total. The maximum atomic E-state index is 12.4. The summed E-state index contributed by atoms with van der Waals surface area (Å²) in [4.78, 5) is 13.3. The second-order valence-electron chi connectivity index (χ2n) is 5.57. The van der Waals surface area contributed by atoms with E-state index in [0.29, 0.717) is 27.3 Å². The molecule has 0 fully saturated rings. The molecule has 0 spiro atoms. The third-order valence-corrected chi connectivity index (χ3v) is 4.79. The van der Waals surface area contributed by atoms with E-state index in [2.05, 4.69) is 5.32 Å². The lowest BCUT2D eigenvalue weighted by Gasteiger charge is -2.06. The van der Waals surface area contributed by atoms with Crippen molar-refractivity contribution in [1.29, 1.82) is 5.26 Å². The van der Waals surface area contributed by atoms with Crippen LogP contribution in [0.15, 0.2) is 80.6 Å². The number of carbonyl (C=O) groups is 1. The van der Waals surface area contributed by atoms with E-state index in [0.717, 1.165) is 4.90 Å². The van der Waals surface area contributed by atoms with Crippen LogP contribution in [-0.2, 0) is 4.79 Å². The summed E-state index contributed by atoms with van der Waals surface area (Å²) in [6, 6.07) is 19.6. The van der Waals surface area contributed by atoms with Gasteiger partial charge in [0.05, 0.1) is 7.11 Å². The number of nitrogens with one attached hydrogen (secondary N) is 1. The first-order chi connectivity index (χ1) is 13.6. The molecule has 1 heterocycles. The number of anilines is 1. The number of nitrogens with zero attached hydrogens (tertiary/aromatic N) is 1. The van der Waals surface area contributed by atoms with Gasteiger partial charge in [0.15, 0.2) is 5.09 Å². The smallest absolute Gasteiger partial charge is 0.266 e. The van der Waals surface area contributed by atoms with Gasteiger partial charge in [-0.2, -0.15) is 5.26 Å². The second-order valence-corrected chi connectivity index (χ2v) is 7.08. The minimum atomic E-state index is -0.529. The molecule has 28 heavy (non-hydrogen) atoms. The minimum absolute atomic E-state index is 0.0692. The molecule has 0 bridgehead atoms. The number of rotatable bonds is 6. The lowest BCUT2D eigenvalue weighted by atomic mass is 10.2. The van der Waals surface area contributed by atoms with Crippen LogP contribution in [0.3, 0.4) is 0 Å². The van der Waals surface area contributed by atoms with Crippen LogP contribution < -0.4 is 10.1 Å². The summed E-state index contributed by atoms with van der Waals surface area (Å²) in [5, 5.41) is 13.3. The minimum Gasteiger partial charge on any atom is -0.497 e.